The molecule has 3 nitrogen and oxygen atoms in total. The highest BCUT2D eigenvalue weighted by molar-refractivity contribution is 7.99. The van der Waals surface area contributed by atoms with Gasteiger partial charge in [-0.3, -0.25) is 0 Å². The lowest BCUT2D eigenvalue weighted by atomic mass is 10.1. The van der Waals surface area contributed by atoms with E-state index in [1.54, 1.807) is 0 Å². The van der Waals surface area contributed by atoms with Crippen molar-refractivity contribution in [3.8, 4) is 0 Å². The quantitative estimate of drug-likeness (QED) is 0.849. The number of pyridine rings is 1. The molecule has 19 heavy (non-hydrogen) atoms. The van der Waals surface area contributed by atoms with Crippen molar-refractivity contribution < 1.29 is 0 Å². The fourth-order valence-corrected chi connectivity index (χ4v) is 4.06. The summed E-state index contributed by atoms with van der Waals surface area (Å²) in [6, 6.07) is 6.20. The third-order valence-corrected chi connectivity index (χ3v) is 5.11. The zero-order valence-electron chi connectivity index (χ0n) is 11.4. The van der Waals surface area contributed by atoms with Crippen LogP contribution in [0.5, 0.6) is 0 Å². The van der Waals surface area contributed by atoms with Gasteiger partial charge in [0.05, 0.1) is 5.69 Å². The Kier molecular flexibility index (Phi) is 4.09. The Morgan fingerprint density at radius 3 is 3.00 bits per heavy atom. The lowest BCUT2D eigenvalue weighted by Crippen LogP contribution is -2.09. The van der Waals surface area contributed by atoms with E-state index in [4.69, 9.17) is 4.98 Å². The van der Waals surface area contributed by atoms with Crippen LogP contribution in [-0.2, 0) is 6.54 Å². The minimum Gasteiger partial charge on any atom is -0.314 e. The summed E-state index contributed by atoms with van der Waals surface area (Å²) in [4.78, 5) is 4.78. The third-order valence-electron chi connectivity index (χ3n) is 3.87. The minimum atomic E-state index is 0.873. The molecule has 102 valence electrons. The van der Waals surface area contributed by atoms with Crippen molar-refractivity contribution in [3.05, 3.63) is 30.1 Å². The number of hydrogen-bond donors (Lipinski definition) is 1. The zero-order valence-corrected chi connectivity index (χ0v) is 12.2. The number of imidazole rings is 1. The van der Waals surface area contributed by atoms with Gasteiger partial charge in [0, 0.05) is 18.5 Å². The summed E-state index contributed by atoms with van der Waals surface area (Å²) in [5, 5.41) is 4.46. The van der Waals surface area contributed by atoms with Gasteiger partial charge >= 0.3 is 0 Å². The van der Waals surface area contributed by atoms with Gasteiger partial charge in [-0.15, -0.1) is 11.8 Å². The van der Waals surface area contributed by atoms with E-state index < -0.39 is 0 Å². The molecule has 0 spiro atoms. The molecule has 0 radical (unpaired) electrons. The summed E-state index contributed by atoms with van der Waals surface area (Å²) in [7, 11) is 1.99. The molecule has 1 fully saturated rings. The van der Waals surface area contributed by atoms with Gasteiger partial charge in [0.25, 0.3) is 0 Å². The molecule has 0 unspecified atom stereocenters. The van der Waals surface area contributed by atoms with E-state index in [2.05, 4.69) is 34.1 Å². The largest absolute Gasteiger partial charge is 0.314 e. The molecule has 0 aromatic carbocycles. The van der Waals surface area contributed by atoms with Crippen molar-refractivity contribution in [3.63, 3.8) is 0 Å². The standard InChI is InChI=1S/C15H21N3S/c1-16-10-13-15(19-11-12-6-2-3-7-12)17-14-8-4-5-9-18(13)14/h4-5,8-9,12,16H,2-3,6-7,10-11H2,1H3. The van der Waals surface area contributed by atoms with Crippen molar-refractivity contribution in [1.29, 1.82) is 0 Å². The van der Waals surface area contributed by atoms with Crippen LogP contribution in [-0.4, -0.2) is 22.2 Å². The number of rotatable bonds is 5. The molecule has 2 aromatic heterocycles. The molecule has 0 atom stereocenters. The second-order valence-electron chi connectivity index (χ2n) is 5.28. The maximum Gasteiger partial charge on any atom is 0.138 e. The fraction of sp³-hybridized carbons (Fsp3) is 0.533. The normalized spacial score (nSPS) is 16.5. The number of thioether (sulfide) groups is 1. The first kappa shape index (κ1) is 13.0. The van der Waals surface area contributed by atoms with E-state index in [-0.39, 0.29) is 0 Å². The zero-order chi connectivity index (χ0) is 13.1. The number of nitrogens with zero attached hydrogens (tertiary/aromatic N) is 2. The van der Waals surface area contributed by atoms with Gasteiger partial charge in [-0.1, -0.05) is 18.9 Å². The van der Waals surface area contributed by atoms with Gasteiger partial charge < -0.3 is 9.72 Å². The van der Waals surface area contributed by atoms with Crippen LogP contribution in [0.3, 0.4) is 0 Å². The summed E-state index contributed by atoms with van der Waals surface area (Å²) in [6.45, 7) is 0.873. The smallest absolute Gasteiger partial charge is 0.138 e. The first-order valence-electron chi connectivity index (χ1n) is 7.12. The van der Waals surface area contributed by atoms with Crippen molar-refractivity contribution in [2.75, 3.05) is 12.8 Å². The van der Waals surface area contributed by atoms with Crippen LogP contribution in [0.4, 0.5) is 0 Å². The highest BCUT2D eigenvalue weighted by atomic mass is 32.2. The van der Waals surface area contributed by atoms with E-state index in [9.17, 15) is 0 Å². The molecular weight excluding hydrogens is 254 g/mol. The molecule has 0 aliphatic heterocycles. The molecular formula is C15H21N3S. The Balaban J connectivity index is 1.82. The van der Waals surface area contributed by atoms with Gasteiger partial charge in [-0.25, -0.2) is 4.98 Å². The van der Waals surface area contributed by atoms with Crippen LogP contribution in [0.2, 0.25) is 0 Å². The summed E-state index contributed by atoms with van der Waals surface area (Å²) in [5.41, 5.74) is 2.35. The second kappa shape index (κ2) is 5.97. The molecule has 1 aliphatic carbocycles. The Bertz CT molecular complexity index is 543. The van der Waals surface area contributed by atoms with Gasteiger partial charge in [-0.2, -0.15) is 0 Å². The fourth-order valence-electron chi connectivity index (χ4n) is 2.84. The highest BCUT2D eigenvalue weighted by Gasteiger charge is 2.18. The van der Waals surface area contributed by atoms with Crippen LogP contribution in [0.25, 0.3) is 5.65 Å². The van der Waals surface area contributed by atoms with Crippen molar-refractivity contribution >= 4 is 17.4 Å². The number of nitrogens with one attached hydrogen (secondary N) is 1. The second-order valence-corrected chi connectivity index (χ2v) is 6.29. The summed E-state index contributed by atoms with van der Waals surface area (Å²) in [6.07, 6.45) is 7.75. The number of aromatic nitrogens is 2. The monoisotopic (exact) mass is 275 g/mol. The highest BCUT2D eigenvalue weighted by Crippen LogP contribution is 2.32. The summed E-state index contributed by atoms with van der Waals surface area (Å²) < 4.78 is 2.20. The SMILES string of the molecule is CNCc1c(SCC2CCCC2)nc2ccccn12. The van der Waals surface area contributed by atoms with Gasteiger partial charge in [0.15, 0.2) is 0 Å². The average molecular weight is 275 g/mol. The molecule has 1 N–H and O–H groups in total. The van der Waals surface area contributed by atoms with Crippen LogP contribution in [0.15, 0.2) is 29.4 Å². The van der Waals surface area contributed by atoms with Gasteiger partial charge in [0.2, 0.25) is 0 Å². The maximum absolute atomic E-state index is 4.78. The van der Waals surface area contributed by atoms with Gasteiger partial charge in [-0.05, 0) is 37.9 Å². The molecule has 0 bridgehead atoms. The van der Waals surface area contributed by atoms with Crippen molar-refractivity contribution in [1.82, 2.24) is 14.7 Å². The molecule has 1 saturated carbocycles. The van der Waals surface area contributed by atoms with Crippen molar-refractivity contribution in [2.45, 2.75) is 37.3 Å². The average Bonchev–Trinajstić information content (AvgIpc) is 3.05. The number of fused-ring (bicyclic) bond motifs is 1. The predicted octanol–water partition coefficient (Wildman–Crippen LogP) is 3.34. The maximum atomic E-state index is 4.78. The molecule has 2 heterocycles. The van der Waals surface area contributed by atoms with Gasteiger partial charge in [0.1, 0.15) is 10.7 Å². The van der Waals surface area contributed by atoms with Crippen LogP contribution >= 0.6 is 11.8 Å². The molecule has 3 rings (SSSR count). The molecule has 1 aliphatic rings. The number of hydrogen-bond acceptors (Lipinski definition) is 3. The first-order valence-corrected chi connectivity index (χ1v) is 8.10. The van der Waals surface area contributed by atoms with E-state index in [1.807, 2.05) is 18.8 Å². The lowest BCUT2D eigenvalue weighted by Gasteiger charge is -2.08. The topological polar surface area (TPSA) is 29.3 Å². The Morgan fingerprint density at radius 2 is 2.21 bits per heavy atom. The minimum absolute atomic E-state index is 0.873. The van der Waals surface area contributed by atoms with Crippen LogP contribution in [0, 0.1) is 5.92 Å². The Labute approximate surface area is 118 Å². The summed E-state index contributed by atoms with van der Waals surface area (Å²) in [5.74, 6) is 2.12. The van der Waals surface area contributed by atoms with Crippen LogP contribution in [0.1, 0.15) is 31.4 Å². The lowest BCUT2D eigenvalue weighted by molar-refractivity contribution is 0.622. The predicted molar refractivity (Wildman–Crippen MR) is 80.6 cm³/mol. The van der Waals surface area contributed by atoms with E-state index >= 15 is 0 Å². The van der Waals surface area contributed by atoms with E-state index in [0.29, 0.717) is 0 Å². The van der Waals surface area contributed by atoms with E-state index in [1.165, 1.54) is 42.2 Å². The molecule has 0 saturated heterocycles. The molecule has 0 amide bonds. The third kappa shape index (κ3) is 2.79. The summed E-state index contributed by atoms with van der Waals surface area (Å²) >= 11 is 1.94. The van der Waals surface area contributed by atoms with Crippen LogP contribution < -0.4 is 5.32 Å². The molecule has 4 heteroatoms. The Morgan fingerprint density at radius 1 is 1.37 bits per heavy atom. The van der Waals surface area contributed by atoms with E-state index in [0.717, 1.165) is 18.1 Å². The Hall–Kier alpha value is -1.00. The first-order chi connectivity index (χ1) is 9.38. The molecule has 2 aromatic rings. The van der Waals surface area contributed by atoms with Crippen molar-refractivity contribution in [2.24, 2.45) is 5.92 Å².